The Bertz CT molecular complexity index is 529. The van der Waals surface area contributed by atoms with Crippen LogP contribution in [0.3, 0.4) is 0 Å². The Morgan fingerprint density at radius 3 is 3.00 bits per heavy atom. The fourth-order valence-electron chi connectivity index (χ4n) is 1.41. The highest BCUT2D eigenvalue weighted by Gasteiger charge is 2.02. The fourth-order valence-corrected chi connectivity index (χ4v) is 1.41. The smallest absolute Gasteiger partial charge is 0.140 e. The molecule has 86 valence electrons. The molecule has 17 heavy (non-hydrogen) atoms. The first-order chi connectivity index (χ1) is 8.29. The number of hydrogen-bond donors (Lipinski definition) is 2. The molecule has 0 bridgehead atoms. The van der Waals surface area contributed by atoms with E-state index in [-0.39, 0.29) is 5.56 Å². The highest BCUT2D eigenvalue weighted by molar-refractivity contribution is 5.34. The average Bonchev–Trinajstić information content (AvgIpc) is 2.84. The van der Waals surface area contributed by atoms with Gasteiger partial charge in [-0.3, -0.25) is 5.10 Å². The van der Waals surface area contributed by atoms with Crippen LogP contribution in [0.1, 0.15) is 17.0 Å². The minimum atomic E-state index is -0.494. The number of rotatable bonds is 4. The van der Waals surface area contributed by atoms with Crippen molar-refractivity contribution in [3.8, 4) is 6.07 Å². The number of aromatic nitrogens is 3. The summed E-state index contributed by atoms with van der Waals surface area (Å²) in [6, 6.07) is 6.28. The molecule has 0 atom stereocenters. The third kappa shape index (κ3) is 2.86. The summed E-state index contributed by atoms with van der Waals surface area (Å²) in [5.41, 5.74) is 0.909. The largest absolute Gasteiger partial charge is 0.306 e. The van der Waals surface area contributed by atoms with Gasteiger partial charge in [-0.1, -0.05) is 6.07 Å². The highest BCUT2D eigenvalue weighted by Crippen LogP contribution is 2.09. The van der Waals surface area contributed by atoms with Crippen molar-refractivity contribution >= 4 is 0 Å². The molecule has 1 aromatic heterocycles. The lowest BCUT2D eigenvalue weighted by atomic mass is 10.1. The number of H-pyrrole nitrogens is 1. The topological polar surface area (TPSA) is 77.4 Å². The van der Waals surface area contributed by atoms with Crippen molar-refractivity contribution in [2.45, 2.75) is 13.1 Å². The Kier molecular flexibility index (Phi) is 3.43. The summed E-state index contributed by atoms with van der Waals surface area (Å²) in [4.78, 5) is 3.95. The van der Waals surface area contributed by atoms with Crippen molar-refractivity contribution < 1.29 is 4.39 Å². The summed E-state index contributed by atoms with van der Waals surface area (Å²) in [5, 5.41) is 18.2. The molecule has 1 aromatic carbocycles. The molecule has 0 unspecified atom stereocenters. The van der Waals surface area contributed by atoms with E-state index in [0.29, 0.717) is 13.1 Å². The number of nitrogens with zero attached hydrogens (tertiary/aromatic N) is 3. The molecule has 0 aliphatic heterocycles. The van der Waals surface area contributed by atoms with E-state index in [1.54, 1.807) is 6.07 Å². The maximum atomic E-state index is 13.0. The summed E-state index contributed by atoms with van der Waals surface area (Å²) in [6.07, 6.45) is 1.43. The van der Waals surface area contributed by atoms with Gasteiger partial charge in [0, 0.05) is 6.54 Å². The van der Waals surface area contributed by atoms with E-state index in [2.05, 4.69) is 20.5 Å². The van der Waals surface area contributed by atoms with Gasteiger partial charge >= 0.3 is 0 Å². The number of nitrogens with one attached hydrogen (secondary N) is 2. The molecule has 2 N–H and O–H groups in total. The first kappa shape index (κ1) is 11.2. The van der Waals surface area contributed by atoms with Crippen molar-refractivity contribution in [3.63, 3.8) is 0 Å². The van der Waals surface area contributed by atoms with Crippen molar-refractivity contribution in [1.82, 2.24) is 20.5 Å². The molecule has 2 aromatic rings. The molecular weight excluding hydrogens is 221 g/mol. The molecule has 0 saturated heterocycles. The van der Waals surface area contributed by atoms with Gasteiger partial charge in [0.05, 0.1) is 12.1 Å². The Morgan fingerprint density at radius 2 is 2.29 bits per heavy atom. The standard InChI is InChI=1S/C11H10FN5/c12-10-2-1-8(3-9(10)4-13)5-14-6-11-15-7-16-17-11/h1-3,7,14H,5-6H2,(H,15,16,17). The third-order valence-electron chi connectivity index (χ3n) is 2.24. The first-order valence-electron chi connectivity index (χ1n) is 5.03. The predicted molar refractivity (Wildman–Crippen MR) is 58.0 cm³/mol. The zero-order valence-electron chi connectivity index (χ0n) is 8.94. The lowest BCUT2D eigenvalue weighted by Gasteiger charge is -2.03. The quantitative estimate of drug-likeness (QED) is 0.826. The van der Waals surface area contributed by atoms with Crippen molar-refractivity contribution in [2.75, 3.05) is 0 Å². The monoisotopic (exact) mass is 231 g/mol. The van der Waals surface area contributed by atoms with Crippen LogP contribution in [0.5, 0.6) is 0 Å². The fraction of sp³-hybridized carbons (Fsp3) is 0.182. The van der Waals surface area contributed by atoms with E-state index in [4.69, 9.17) is 5.26 Å². The predicted octanol–water partition coefficient (Wildman–Crippen LogP) is 1.11. The lowest BCUT2D eigenvalue weighted by Crippen LogP contribution is -2.14. The lowest BCUT2D eigenvalue weighted by molar-refractivity contribution is 0.619. The van der Waals surface area contributed by atoms with Gasteiger partial charge in [0.1, 0.15) is 24.0 Å². The molecule has 6 heteroatoms. The van der Waals surface area contributed by atoms with E-state index >= 15 is 0 Å². The molecule has 2 rings (SSSR count). The highest BCUT2D eigenvalue weighted by atomic mass is 19.1. The van der Waals surface area contributed by atoms with Crippen molar-refractivity contribution in [3.05, 3.63) is 47.3 Å². The SMILES string of the molecule is N#Cc1cc(CNCc2ncn[nH]2)ccc1F. The molecule has 0 aliphatic rings. The number of aromatic amines is 1. The van der Waals surface area contributed by atoms with Crippen molar-refractivity contribution in [2.24, 2.45) is 0 Å². The van der Waals surface area contributed by atoms with Crippen LogP contribution in [-0.4, -0.2) is 15.2 Å². The molecule has 0 fully saturated rings. The Hall–Kier alpha value is -2.26. The van der Waals surface area contributed by atoms with Crippen LogP contribution in [0, 0.1) is 17.1 Å². The Labute approximate surface area is 97.3 Å². The molecule has 5 nitrogen and oxygen atoms in total. The maximum Gasteiger partial charge on any atom is 0.140 e. The van der Waals surface area contributed by atoms with E-state index in [0.717, 1.165) is 11.4 Å². The molecule has 1 heterocycles. The van der Waals surface area contributed by atoms with Crippen LogP contribution < -0.4 is 5.32 Å². The van der Waals surface area contributed by atoms with Crippen LogP contribution in [0.4, 0.5) is 4.39 Å². The van der Waals surface area contributed by atoms with Crippen LogP contribution in [0.2, 0.25) is 0 Å². The second-order valence-electron chi connectivity index (χ2n) is 3.46. The zero-order valence-corrected chi connectivity index (χ0v) is 8.94. The Balaban J connectivity index is 1.93. The molecule has 0 amide bonds. The minimum Gasteiger partial charge on any atom is -0.306 e. The van der Waals surface area contributed by atoms with Gasteiger partial charge in [0.2, 0.25) is 0 Å². The van der Waals surface area contributed by atoms with Gasteiger partial charge in [-0.2, -0.15) is 10.4 Å². The summed E-state index contributed by atoms with van der Waals surface area (Å²) in [6.45, 7) is 1.08. The van der Waals surface area contributed by atoms with Gasteiger partial charge in [-0.25, -0.2) is 9.37 Å². The van der Waals surface area contributed by atoms with E-state index in [1.807, 2.05) is 6.07 Å². The van der Waals surface area contributed by atoms with Gasteiger partial charge in [0.25, 0.3) is 0 Å². The third-order valence-corrected chi connectivity index (χ3v) is 2.24. The molecule has 0 radical (unpaired) electrons. The first-order valence-corrected chi connectivity index (χ1v) is 5.03. The number of halogens is 1. The summed E-state index contributed by atoms with van der Waals surface area (Å²) in [5.74, 6) is 0.235. The normalized spacial score (nSPS) is 10.1. The van der Waals surface area contributed by atoms with Gasteiger partial charge in [-0.05, 0) is 17.7 Å². The number of hydrogen-bond acceptors (Lipinski definition) is 4. The summed E-state index contributed by atoms with van der Waals surface area (Å²) >= 11 is 0. The van der Waals surface area contributed by atoms with E-state index < -0.39 is 5.82 Å². The van der Waals surface area contributed by atoms with Gasteiger partial charge < -0.3 is 5.32 Å². The molecule has 0 saturated carbocycles. The van der Waals surface area contributed by atoms with Crippen LogP contribution in [-0.2, 0) is 13.1 Å². The molecule has 0 spiro atoms. The van der Waals surface area contributed by atoms with E-state index in [9.17, 15) is 4.39 Å². The van der Waals surface area contributed by atoms with Crippen LogP contribution in [0.25, 0.3) is 0 Å². The minimum absolute atomic E-state index is 0.0592. The van der Waals surface area contributed by atoms with Gasteiger partial charge in [0.15, 0.2) is 0 Å². The van der Waals surface area contributed by atoms with Crippen LogP contribution in [0.15, 0.2) is 24.5 Å². The second-order valence-corrected chi connectivity index (χ2v) is 3.46. The zero-order chi connectivity index (χ0) is 12.1. The van der Waals surface area contributed by atoms with Crippen LogP contribution >= 0.6 is 0 Å². The maximum absolute atomic E-state index is 13.0. The molecule has 0 aliphatic carbocycles. The summed E-state index contributed by atoms with van der Waals surface area (Å²) in [7, 11) is 0. The summed E-state index contributed by atoms with van der Waals surface area (Å²) < 4.78 is 13.0. The Morgan fingerprint density at radius 1 is 1.41 bits per heavy atom. The average molecular weight is 231 g/mol. The molecular formula is C11H10FN5. The van der Waals surface area contributed by atoms with Gasteiger partial charge in [-0.15, -0.1) is 0 Å². The van der Waals surface area contributed by atoms with Crippen molar-refractivity contribution in [1.29, 1.82) is 5.26 Å². The van der Waals surface area contributed by atoms with E-state index in [1.165, 1.54) is 18.5 Å². The number of benzene rings is 1. The number of nitriles is 1. The second kappa shape index (κ2) is 5.18.